The first-order chi connectivity index (χ1) is 8.74. The van der Waals surface area contributed by atoms with Crippen molar-refractivity contribution >= 4 is 22.1 Å². The van der Waals surface area contributed by atoms with Gasteiger partial charge in [-0.3, -0.25) is 14.3 Å². The van der Waals surface area contributed by atoms with Crippen molar-refractivity contribution in [3.63, 3.8) is 0 Å². The fourth-order valence-corrected chi connectivity index (χ4v) is 8.56. The lowest BCUT2D eigenvalue weighted by molar-refractivity contribution is -0.116. The Bertz CT molecular complexity index is 340. The lowest BCUT2D eigenvalue weighted by Crippen LogP contribution is -2.35. The Labute approximate surface area is 117 Å². The summed E-state index contributed by atoms with van der Waals surface area (Å²) in [6, 6.07) is 0. The molecule has 0 spiro atoms. The topological polar surface area (TPSA) is 49.9 Å². The third kappa shape index (κ3) is 6.70. The molecule has 1 unspecified atom stereocenters. The zero-order chi connectivity index (χ0) is 14.5. The van der Waals surface area contributed by atoms with Crippen LogP contribution in [0.2, 0.25) is 19.6 Å². The molecule has 1 saturated heterocycles. The van der Waals surface area contributed by atoms with Gasteiger partial charge in [-0.15, -0.1) is 0 Å². The van der Waals surface area contributed by atoms with E-state index in [9.17, 15) is 9.36 Å². The van der Waals surface area contributed by atoms with Crippen LogP contribution >= 0.6 is 7.37 Å². The van der Waals surface area contributed by atoms with E-state index in [0.29, 0.717) is 6.29 Å². The van der Waals surface area contributed by atoms with Gasteiger partial charge < -0.3 is 9.11 Å². The summed E-state index contributed by atoms with van der Waals surface area (Å²) >= 11 is 0. The summed E-state index contributed by atoms with van der Waals surface area (Å²) in [7, 11) is -3.03. The molecule has 112 valence electrons. The predicted molar refractivity (Wildman–Crippen MR) is 81.0 cm³/mol. The number of piperidine rings is 1. The van der Waals surface area contributed by atoms with Crippen molar-refractivity contribution in [2.45, 2.75) is 38.9 Å². The lowest BCUT2D eigenvalue weighted by Gasteiger charge is -2.34. The van der Waals surface area contributed by atoms with Crippen LogP contribution in [0, 0.1) is 0 Å². The molecule has 1 heterocycles. The van der Waals surface area contributed by atoms with E-state index in [1.54, 1.807) is 7.05 Å². The highest BCUT2D eigenvalue weighted by atomic mass is 31.2. The number of amides is 1. The van der Waals surface area contributed by atoms with E-state index < -0.39 is 15.7 Å². The minimum Gasteiger partial charge on any atom is -0.368 e. The first kappa shape index (κ1) is 16.9. The van der Waals surface area contributed by atoms with E-state index in [2.05, 4.69) is 4.90 Å². The fourth-order valence-electron chi connectivity index (χ4n) is 2.38. The van der Waals surface area contributed by atoms with Gasteiger partial charge in [-0.1, -0.05) is 6.42 Å². The first-order valence-electron chi connectivity index (χ1n) is 6.91. The van der Waals surface area contributed by atoms with Crippen molar-refractivity contribution in [3.8, 4) is 0 Å². The highest BCUT2D eigenvalue weighted by Crippen LogP contribution is 2.50. The number of carbonyl (C=O) groups is 1. The van der Waals surface area contributed by atoms with Gasteiger partial charge in [0, 0.05) is 7.05 Å². The Balaban J connectivity index is 2.72. The third-order valence-corrected chi connectivity index (χ3v) is 8.15. The Morgan fingerprint density at radius 2 is 1.84 bits per heavy atom. The van der Waals surface area contributed by atoms with Crippen LogP contribution in [0.25, 0.3) is 0 Å². The molecule has 19 heavy (non-hydrogen) atoms. The monoisotopic (exact) mass is 306 g/mol. The van der Waals surface area contributed by atoms with Crippen molar-refractivity contribution in [2.24, 2.45) is 0 Å². The van der Waals surface area contributed by atoms with Crippen LogP contribution in [0.3, 0.4) is 0 Å². The molecule has 0 aromatic carbocycles. The molecule has 0 radical (unpaired) electrons. The van der Waals surface area contributed by atoms with Crippen molar-refractivity contribution in [3.05, 3.63) is 0 Å². The Morgan fingerprint density at radius 1 is 1.26 bits per heavy atom. The molecular weight excluding hydrogens is 279 g/mol. The van der Waals surface area contributed by atoms with Gasteiger partial charge in [0.1, 0.15) is 0 Å². The van der Waals surface area contributed by atoms with Crippen molar-refractivity contribution in [2.75, 3.05) is 32.7 Å². The summed E-state index contributed by atoms with van der Waals surface area (Å²) < 4.78 is 19.0. The smallest absolute Gasteiger partial charge is 0.226 e. The zero-order valence-electron chi connectivity index (χ0n) is 12.6. The average molecular weight is 306 g/mol. The summed E-state index contributed by atoms with van der Waals surface area (Å²) in [5.41, 5.74) is 0. The van der Waals surface area contributed by atoms with Gasteiger partial charge in [0.15, 0.2) is 8.32 Å². The van der Waals surface area contributed by atoms with Crippen LogP contribution < -0.4 is 0 Å². The summed E-state index contributed by atoms with van der Waals surface area (Å²) in [4.78, 5) is 14.4. The molecule has 5 nitrogen and oxygen atoms in total. The summed E-state index contributed by atoms with van der Waals surface area (Å²) in [5, 5.41) is 0. The minimum absolute atomic E-state index is 0.220. The molecule has 0 bridgehead atoms. The van der Waals surface area contributed by atoms with Gasteiger partial charge in [-0.2, -0.15) is 0 Å². The van der Waals surface area contributed by atoms with Crippen molar-refractivity contribution in [1.29, 1.82) is 0 Å². The van der Waals surface area contributed by atoms with Crippen LogP contribution in [0.5, 0.6) is 0 Å². The number of hydrogen-bond acceptors (Lipinski definition) is 4. The van der Waals surface area contributed by atoms with E-state index in [1.165, 1.54) is 11.3 Å². The first-order valence-corrected chi connectivity index (χ1v) is 12.3. The second-order valence-corrected chi connectivity index (χ2v) is 13.5. The fraction of sp³-hybridized carbons (Fsp3) is 0.917. The molecule has 1 amide bonds. The van der Waals surface area contributed by atoms with Crippen molar-refractivity contribution < 1.29 is 13.6 Å². The summed E-state index contributed by atoms with van der Waals surface area (Å²) in [6.45, 7) is 8.10. The molecule has 0 aromatic rings. The molecule has 1 aliphatic heterocycles. The SMILES string of the molecule is CN(C=O)CP(=O)(CN1CCCCC1)O[Si](C)(C)C. The highest BCUT2D eigenvalue weighted by Gasteiger charge is 2.33. The number of nitrogens with zero attached hydrogens (tertiary/aromatic N) is 2. The normalized spacial score (nSPS) is 20.8. The molecule has 0 saturated carbocycles. The van der Waals surface area contributed by atoms with E-state index in [0.717, 1.165) is 32.3 Å². The van der Waals surface area contributed by atoms with Crippen LogP contribution in [0.1, 0.15) is 19.3 Å². The van der Waals surface area contributed by atoms with Crippen LogP contribution in [-0.4, -0.2) is 57.2 Å². The number of hydrogen-bond donors (Lipinski definition) is 0. The van der Waals surface area contributed by atoms with Crippen LogP contribution in [0.4, 0.5) is 0 Å². The Kier molecular flexibility index (Phi) is 6.24. The lowest BCUT2D eigenvalue weighted by atomic mass is 10.1. The van der Waals surface area contributed by atoms with Gasteiger partial charge in [0.2, 0.25) is 13.8 Å². The number of rotatable bonds is 7. The predicted octanol–water partition coefficient (Wildman–Crippen LogP) is 2.61. The largest absolute Gasteiger partial charge is 0.368 e. The minimum atomic E-state index is -2.80. The van der Waals surface area contributed by atoms with Crippen LogP contribution in [-0.2, 0) is 13.6 Å². The number of likely N-dealkylation sites (tertiary alicyclic amines) is 1. The molecule has 0 N–H and O–H groups in total. The highest BCUT2D eigenvalue weighted by molar-refractivity contribution is 7.60. The molecule has 7 heteroatoms. The molecule has 0 aromatic heterocycles. The maximum Gasteiger partial charge on any atom is 0.226 e. The van der Waals surface area contributed by atoms with E-state index in [1.807, 2.05) is 19.6 Å². The number of carbonyl (C=O) groups excluding carboxylic acids is 1. The van der Waals surface area contributed by atoms with Gasteiger partial charge in [0.25, 0.3) is 0 Å². The maximum absolute atomic E-state index is 13.0. The Morgan fingerprint density at radius 3 is 2.32 bits per heavy atom. The summed E-state index contributed by atoms with van der Waals surface area (Å²) in [5.74, 6) is 0. The van der Waals surface area contributed by atoms with E-state index in [-0.39, 0.29) is 6.29 Å². The van der Waals surface area contributed by atoms with Gasteiger partial charge in [0.05, 0.1) is 12.6 Å². The molecule has 1 fully saturated rings. The zero-order valence-corrected chi connectivity index (χ0v) is 14.5. The van der Waals surface area contributed by atoms with Gasteiger partial charge in [-0.25, -0.2) is 0 Å². The van der Waals surface area contributed by atoms with E-state index in [4.69, 9.17) is 4.21 Å². The van der Waals surface area contributed by atoms with Gasteiger partial charge in [-0.05, 0) is 45.6 Å². The molecular formula is C12H27N2O3PSi. The van der Waals surface area contributed by atoms with Gasteiger partial charge >= 0.3 is 0 Å². The standard InChI is InChI=1S/C12H27N2O3PSi/c1-13(10-15)11-18(16,17-19(2,3)4)12-14-8-6-5-7-9-14/h10H,5-9,11-12H2,1-4H3. The van der Waals surface area contributed by atoms with Crippen LogP contribution in [0.15, 0.2) is 0 Å². The second-order valence-electron chi connectivity index (χ2n) is 6.34. The third-order valence-electron chi connectivity index (χ3n) is 2.92. The second kappa shape index (κ2) is 7.02. The Hall–Kier alpha value is -0.163. The quantitative estimate of drug-likeness (QED) is 0.412. The van der Waals surface area contributed by atoms with Crippen molar-refractivity contribution in [1.82, 2.24) is 9.80 Å². The molecule has 1 rings (SSSR count). The average Bonchev–Trinajstić information content (AvgIpc) is 2.26. The summed E-state index contributed by atoms with van der Waals surface area (Å²) in [6.07, 6.45) is 5.00. The molecule has 1 atom stereocenters. The van der Waals surface area contributed by atoms with E-state index >= 15 is 0 Å². The molecule has 1 aliphatic rings. The maximum atomic E-state index is 13.0. The molecule has 0 aliphatic carbocycles.